The summed E-state index contributed by atoms with van der Waals surface area (Å²) in [6, 6.07) is 5.78. The van der Waals surface area contributed by atoms with E-state index in [1.807, 2.05) is 32.0 Å². The summed E-state index contributed by atoms with van der Waals surface area (Å²) in [6.07, 6.45) is 0.849. The summed E-state index contributed by atoms with van der Waals surface area (Å²) in [4.78, 5) is 14.4. The predicted molar refractivity (Wildman–Crippen MR) is 74.3 cm³/mol. The van der Waals surface area contributed by atoms with Crippen molar-refractivity contribution in [3.63, 3.8) is 0 Å². The number of nitrogen functional groups attached to an aromatic ring is 1. The van der Waals surface area contributed by atoms with E-state index in [9.17, 15) is 4.79 Å². The standard InChI is InChI=1S/C14H16N4O/c1-8-12(9(2)17-16-8)14(19)18-7-6-10-4-3-5-11(15)13(10)18/h3-5H,6-7,15H2,1-2H3,(H,16,17). The number of aryl methyl sites for hydroxylation is 2. The quantitative estimate of drug-likeness (QED) is 0.764. The van der Waals surface area contributed by atoms with Crippen LogP contribution in [0.2, 0.25) is 0 Å². The van der Waals surface area contributed by atoms with Crippen LogP contribution in [0.4, 0.5) is 11.4 Å². The predicted octanol–water partition coefficient (Wildman–Crippen LogP) is 1.81. The lowest BCUT2D eigenvalue weighted by Gasteiger charge is -2.19. The van der Waals surface area contributed by atoms with Crippen LogP contribution >= 0.6 is 0 Å². The van der Waals surface area contributed by atoms with E-state index in [1.54, 1.807) is 4.90 Å². The molecule has 1 amide bonds. The molecule has 0 radical (unpaired) electrons. The van der Waals surface area contributed by atoms with E-state index in [-0.39, 0.29) is 5.91 Å². The number of benzene rings is 1. The zero-order chi connectivity index (χ0) is 13.6. The second-order valence-corrected chi connectivity index (χ2v) is 4.87. The summed E-state index contributed by atoms with van der Waals surface area (Å²) in [7, 11) is 0. The molecule has 0 bridgehead atoms. The number of hydrogen-bond donors (Lipinski definition) is 2. The van der Waals surface area contributed by atoms with Crippen LogP contribution in [-0.2, 0) is 6.42 Å². The summed E-state index contributed by atoms with van der Waals surface area (Å²) in [5.41, 5.74) is 10.8. The van der Waals surface area contributed by atoms with Gasteiger partial charge in [-0.2, -0.15) is 5.10 Å². The van der Waals surface area contributed by atoms with E-state index in [4.69, 9.17) is 5.73 Å². The van der Waals surface area contributed by atoms with Crippen molar-refractivity contribution in [2.75, 3.05) is 17.2 Å². The Balaban J connectivity index is 2.05. The van der Waals surface area contributed by atoms with Crippen molar-refractivity contribution in [3.05, 3.63) is 40.7 Å². The van der Waals surface area contributed by atoms with Gasteiger partial charge in [0.1, 0.15) is 0 Å². The summed E-state index contributed by atoms with van der Waals surface area (Å²) in [5, 5.41) is 6.93. The first-order valence-electron chi connectivity index (χ1n) is 6.30. The molecule has 0 spiro atoms. The number of hydrogen-bond acceptors (Lipinski definition) is 3. The van der Waals surface area contributed by atoms with E-state index < -0.39 is 0 Å². The molecule has 19 heavy (non-hydrogen) atoms. The Morgan fingerprint density at radius 3 is 2.89 bits per heavy atom. The number of aromatic amines is 1. The molecule has 0 unspecified atom stereocenters. The van der Waals surface area contributed by atoms with Crippen LogP contribution in [0.1, 0.15) is 27.3 Å². The van der Waals surface area contributed by atoms with Crippen LogP contribution in [0.5, 0.6) is 0 Å². The molecule has 98 valence electrons. The first-order chi connectivity index (χ1) is 9.09. The molecule has 1 aromatic carbocycles. The van der Waals surface area contributed by atoms with Crippen LogP contribution in [0.25, 0.3) is 0 Å². The van der Waals surface area contributed by atoms with Gasteiger partial charge >= 0.3 is 0 Å². The van der Waals surface area contributed by atoms with Gasteiger partial charge in [0.2, 0.25) is 0 Å². The van der Waals surface area contributed by atoms with Crippen LogP contribution in [0, 0.1) is 13.8 Å². The number of carbonyl (C=O) groups is 1. The maximum absolute atomic E-state index is 12.7. The lowest BCUT2D eigenvalue weighted by atomic mass is 10.1. The Morgan fingerprint density at radius 1 is 1.42 bits per heavy atom. The molecule has 0 atom stereocenters. The molecular weight excluding hydrogens is 240 g/mol. The molecule has 2 aromatic rings. The fourth-order valence-electron chi connectivity index (χ4n) is 2.69. The number of nitrogens with one attached hydrogen (secondary N) is 1. The van der Waals surface area contributed by atoms with Crippen molar-refractivity contribution < 1.29 is 4.79 Å². The highest BCUT2D eigenvalue weighted by molar-refractivity contribution is 6.10. The first kappa shape index (κ1) is 11.8. The molecule has 1 aliphatic heterocycles. The number of H-pyrrole nitrogens is 1. The molecule has 5 nitrogen and oxygen atoms in total. The molecule has 5 heteroatoms. The lowest BCUT2D eigenvalue weighted by molar-refractivity contribution is 0.0988. The number of anilines is 2. The smallest absolute Gasteiger partial charge is 0.262 e. The Labute approximate surface area is 111 Å². The van der Waals surface area contributed by atoms with Gasteiger partial charge in [-0.25, -0.2) is 0 Å². The zero-order valence-electron chi connectivity index (χ0n) is 11.0. The maximum Gasteiger partial charge on any atom is 0.262 e. The zero-order valence-corrected chi connectivity index (χ0v) is 11.0. The van der Waals surface area contributed by atoms with Crippen molar-refractivity contribution in [2.24, 2.45) is 0 Å². The summed E-state index contributed by atoms with van der Waals surface area (Å²) in [6.45, 7) is 4.37. The van der Waals surface area contributed by atoms with Gasteiger partial charge in [0, 0.05) is 12.2 Å². The Hall–Kier alpha value is -2.30. The van der Waals surface area contributed by atoms with Crippen LogP contribution in [0.3, 0.4) is 0 Å². The number of rotatable bonds is 1. The van der Waals surface area contributed by atoms with Crippen molar-refractivity contribution in [1.82, 2.24) is 10.2 Å². The number of para-hydroxylation sites is 1. The van der Waals surface area contributed by atoms with Gasteiger partial charge in [-0.05, 0) is 31.9 Å². The first-order valence-corrected chi connectivity index (χ1v) is 6.30. The minimum absolute atomic E-state index is 0.0274. The van der Waals surface area contributed by atoms with E-state index in [1.165, 1.54) is 0 Å². The summed E-state index contributed by atoms with van der Waals surface area (Å²) >= 11 is 0. The molecule has 1 aromatic heterocycles. The highest BCUT2D eigenvalue weighted by Gasteiger charge is 2.29. The second kappa shape index (κ2) is 4.12. The number of nitrogens with two attached hydrogens (primary N) is 1. The van der Waals surface area contributed by atoms with Gasteiger partial charge < -0.3 is 10.6 Å². The van der Waals surface area contributed by atoms with Crippen molar-refractivity contribution >= 4 is 17.3 Å². The summed E-state index contributed by atoms with van der Waals surface area (Å²) < 4.78 is 0. The molecule has 0 fully saturated rings. The van der Waals surface area contributed by atoms with E-state index in [0.717, 1.165) is 29.1 Å². The van der Waals surface area contributed by atoms with Crippen molar-refractivity contribution in [2.45, 2.75) is 20.3 Å². The van der Waals surface area contributed by atoms with Crippen molar-refractivity contribution in [1.29, 1.82) is 0 Å². The third-order valence-corrected chi connectivity index (χ3v) is 3.61. The molecule has 2 heterocycles. The van der Waals surface area contributed by atoms with Crippen LogP contribution in [0.15, 0.2) is 18.2 Å². The largest absolute Gasteiger partial charge is 0.397 e. The third-order valence-electron chi connectivity index (χ3n) is 3.61. The lowest BCUT2D eigenvalue weighted by Crippen LogP contribution is -2.30. The number of amides is 1. The van der Waals surface area contributed by atoms with Crippen molar-refractivity contribution in [3.8, 4) is 0 Å². The molecule has 0 aliphatic carbocycles. The molecule has 0 saturated heterocycles. The van der Waals surface area contributed by atoms with E-state index in [0.29, 0.717) is 17.8 Å². The fourth-order valence-corrected chi connectivity index (χ4v) is 2.69. The van der Waals surface area contributed by atoms with Gasteiger partial charge in [-0.3, -0.25) is 9.89 Å². The highest BCUT2D eigenvalue weighted by atomic mass is 16.2. The molecule has 3 N–H and O–H groups in total. The molecule has 1 aliphatic rings. The van der Waals surface area contributed by atoms with E-state index >= 15 is 0 Å². The molecule has 0 saturated carbocycles. The Kier molecular flexibility index (Phi) is 2.55. The summed E-state index contributed by atoms with van der Waals surface area (Å²) in [5.74, 6) is -0.0274. The topological polar surface area (TPSA) is 75.0 Å². The van der Waals surface area contributed by atoms with E-state index in [2.05, 4.69) is 10.2 Å². The van der Waals surface area contributed by atoms with Crippen LogP contribution in [-0.4, -0.2) is 22.6 Å². The molecular formula is C14H16N4O. The minimum Gasteiger partial charge on any atom is -0.397 e. The third kappa shape index (κ3) is 1.69. The monoisotopic (exact) mass is 256 g/mol. The fraction of sp³-hybridized carbons (Fsp3) is 0.286. The molecule has 3 rings (SSSR count). The van der Waals surface area contributed by atoms with Gasteiger partial charge in [0.25, 0.3) is 5.91 Å². The SMILES string of the molecule is Cc1n[nH]c(C)c1C(=O)N1CCc2cccc(N)c21. The maximum atomic E-state index is 12.7. The number of fused-ring (bicyclic) bond motifs is 1. The average molecular weight is 256 g/mol. The number of carbonyl (C=O) groups excluding carboxylic acids is 1. The normalized spacial score (nSPS) is 13.7. The average Bonchev–Trinajstić information content (AvgIpc) is 2.94. The highest BCUT2D eigenvalue weighted by Crippen LogP contribution is 2.35. The number of nitrogens with zero attached hydrogens (tertiary/aromatic N) is 2. The van der Waals surface area contributed by atoms with Gasteiger partial charge in [0.15, 0.2) is 0 Å². The van der Waals surface area contributed by atoms with Gasteiger partial charge in [-0.1, -0.05) is 12.1 Å². The van der Waals surface area contributed by atoms with Gasteiger partial charge in [-0.15, -0.1) is 0 Å². The second-order valence-electron chi connectivity index (χ2n) is 4.87. The van der Waals surface area contributed by atoms with Gasteiger partial charge in [0.05, 0.1) is 22.6 Å². The number of aromatic nitrogens is 2. The van der Waals surface area contributed by atoms with Crippen LogP contribution < -0.4 is 10.6 Å². The minimum atomic E-state index is -0.0274. The Bertz CT molecular complexity index is 640. The Morgan fingerprint density at radius 2 is 2.21 bits per heavy atom.